The lowest BCUT2D eigenvalue weighted by atomic mass is 10.0. The van der Waals surface area contributed by atoms with Gasteiger partial charge in [0.05, 0.1) is 7.11 Å². The highest BCUT2D eigenvalue weighted by Gasteiger charge is 2.26. The van der Waals surface area contributed by atoms with Crippen molar-refractivity contribution in [3.63, 3.8) is 0 Å². The zero-order chi connectivity index (χ0) is 28.3. The van der Waals surface area contributed by atoms with Gasteiger partial charge in [0.1, 0.15) is 24.4 Å². The minimum Gasteiger partial charge on any atom is -0.490 e. The maximum atomic E-state index is 13.2. The van der Waals surface area contributed by atoms with Crippen LogP contribution in [0.3, 0.4) is 0 Å². The number of benzene rings is 1. The summed E-state index contributed by atoms with van der Waals surface area (Å²) < 4.78 is 10.1. The van der Waals surface area contributed by atoms with Crippen molar-refractivity contribution in [2.24, 2.45) is 16.5 Å². The van der Waals surface area contributed by atoms with E-state index in [1.165, 1.54) is 14.0 Å². The van der Waals surface area contributed by atoms with Crippen LogP contribution in [0.2, 0.25) is 0 Å². The molecule has 1 aromatic rings. The average Bonchev–Trinajstić information content (AvgIpc) is 2.88. The summed E-state index contributed by atoms with van der Waals surface area (Å²) in [6.07, 6.45) is 3.90. The zero-order valence-electron chi connectivity index (χ0n) is 22.2. The van der Waals surface area contributed by atoms with Crippen molar-refractivity contribution >= 4 is 29.7 Å². The molecule has 0 bridgehead atoms. The largest absolute Gasteiger partial charge is 0.490 e. The van der Waals surface area contributed by atoms with Crippen LogP contribution in [-0.2, 0) is 30.3 Å². The molecule has 0 aliphatic rings. The van der Waals surface area contributed by atoms with Gasteiger partial charge in [0.15, 0.2) is 5.96 Å². The number of nitrogens with two attached hydrogens (primary N) is 2. The van der Waals surface area contributed by atoms with Gasteiger partial charge in [0.25, 0.3) is 0 Å². The van der Waals surface area contributed by atoms with Gasteiger partial charge in [0.2, 0.25) is 17.7 Å². The van der Waals surface area contributed by atoms with Crippen LogP contribution >= 0.6 is 0 Å². The van der Waals surface area contributed by atoms with E-state index >= 15 is 0 Å². The standard InChI is InChI=1S/C26H40N6O6/c1-4-16-38-20-12-10-19(11-13-20)17-22(31-18(2)33)25(36)32-21(8-5-6-14-30-26(27)28)24(35)29-15-7-9-23(34)37-3/h4,10-13,21-22H,1,5-9,14-17H2,2-3H3,(H,29,35)(H,31,33)(H,32,36)(H4,27,28,30)/t21-,22-/m0/s1. The molecule has 0 aliphatic heterocycles. The van der Waals surface area contributed by atoms with Crippen LogP contribution in [-0.4, -0.2) is 68.5 Å². The van der Waals surface area contributed by atoms with Gasteiger partial charge in [-0.05, 0) is 43.4 Å². The van der Waals surface area contributed by atoms with Crippen molar-refractivity contribution < 1.29 is 28.7 Å². The highest BCUT2D eigenvalue weighted by Crippen LogP contribution is 2.14. The number of ether oxygens (including phenoxy) is 2. The Balaban J connectivity index is 2.87. The number of unbranched alkanes of at least 4 members (excludes halogenated alkanes) is 1. The predicted molar refractivity (Wildman–Crippen MR) is 144 cm³/mol. The maximum Gasteiger partial charge on any atom is 0.305 e. The van der Waals surface area contributed by atoms with Gasteiger partial charge in [-0.1, -0.05) is 24.8 Å². The Morgan fingerprint density at radius 1 is 1.03 bits per heavy atom. The first-order chi connectivity index (χ1) is 18.2. The summed E-state index contributed by atoms with van der Waals surface area (Å²) in [5.74, 6) is -1.00. The normalized spacial score (nSPS) is 11.8. The van der Waals surface area contributed by atoms with Crippen molar-refractivity contribution in [1.29, 1.82) is 0 Å². The van der Waals surface area contributed by atoms with Gasteiger partial charge in [0, 0.05) is 32.9 Å². The molecule has 0 radical (unpaired) electrons. The molecule has 0 heterocycles. The highest BCUT2D eigenvalue weighted by molar-refractivity contribution is 5.92. The summed E-state index contributed by atoms with van der Waals surface area (Å²) >= 11 is 0. The summed E-state index contributed by atoms with van der Waals surface area (Å²) in [5, 5.41) is 8.16. The topological polar surface area (TPSA) is 187 Å². The number of carbonyl (C=O) groups excluding carboxylic acids is 4. The van der Waals surface area contributed by atoms with Crippen molar-refractivity contribution in [2.45, 2.75) is 57.5 Å². The third-order valence-corrected chi connectivity index (χ3v) is 5.34. The predicted octanol–water partition coefficient (Wildman–Crippen LogP) is 0.297. The van der Waals surface area contributed by atoms with Crippen LogP contribution in [0.1, 0.15) is 44.6 Å². The Morgan fingerprint density at radius 3 is 2.34 bits per heavy atom. The third kappa shape index (κ3) is 13.9. The number of nitrogens with zero attached hydrogens (tertiary/aromatic N) is 1. The molecule has 0 fully saturated rings. The first-order valence-electron chi connectivity index (χ1n) is 12.5. The third-order valence-electron chi connectivity index (χ3n) is 5.34. The fourth-order valence-corrected chi connectivity index (χ4v) is 3.45. The maximum absolute atomic E-state index is 13.2. The van der Waals surface area contributed by atoms with Crippen LogP contribution in [0.25, 0.3) is 0 Å². The van der Waals surface area contributed by atoms with E-state index in [4.69, 9.17) is 16.2 Å². The molecule has 38 heavy (non-hydrogen) atoms. The van der Waals surface area contributed by atoms with E-state index in [1.807, 2.05) is 0 Å². The molecule has 7 N–H and O–H groups in total. The number of esters is 1. The van der Waals surface area contributed by atoms with Crippen molar-refractivity contribution in [2.75, 3.05) is 26.8 Å². The van der Waals surface area contributed by atoms with Crippen molar-refractivity contribution in [3.8, 4) is 5.75 Å². The second-order valence-corrected chi connectivity index (χ2v) is 8.54. The zero-order valence-corrected chi connectivity index (χ0v) is 22.2. The molecular weight excluding hydrogens is 492 g/mol. The average molecular weight is 533 g/mol. The SMILES string of the molecule is C=CCOc1ccc(C[C@H](NC(C)=O)C(=O)N[C@@H](CCCCN=C(N)N)C(=O)NCCCC(=O)OC)cc1. The molecular formula is C26H40N6O6. The Bertz CT molecular complexity index is 946. The molecule has 0 aliphatic carbocycles. The molecule has 3 amide bonds. The van der Waals surface area contributed by atoms with Gasteiger partial charge in [-0.15, -0.1) is 0 Å². The lowest BCUT2D eigenvalue weighted by Gasteiger charge is -2.23. The van der Waals surface area contributed by atoms with Crippen molar-refractivity contribution in [1.82, 2.24) is 16.0 Å². The fraction of sp³-hybridized carbons (Fsp3) is 0.500. The first-order valence-corrected chi connectivity index (χ1v) is 12.5. The number of hydrogen-bond acceptors (Lipinski definition) is 7. The molecule has 210 valence electrons. The van der Waals surface area contributed by atoms with Crippen LogP contribution in [0, 0.1) is 0 Å². The Morgan fingerprint density at radius 2 is 1.74 bits per heavy atom. The van der Waals surface area contributed by atoms with Crippen LogP contribution in [0.15, 0.2) is 41.9 Å². The molecule has 0 spiro atoms. The van der Waals surface area contributed by atoms with Crippen molar-refractivity contribution in [3.05, 3.63) is 42.5 Å². The van der Waals surface area contributed by atoms with E-state index in [9.17, 15) is 19.2 Å². The number of methoxy groups -OCH3 is 1. The second kappa shape index (κ2) is 18.2. The number of aliphatic imine (C=N–C) groups is 1. The number of amides is 3. The molecule has 0 aromatic heterocycles. The van der Waals surface area contributed by atoms with E-state index in [1.54, 1.807) is 30.3 Å². The molecule has 1 rings (SSSR count). The van der Waals surface area contributed by atoms with Crippen LogP contribution in [0.5, 0.6) is 5.75 Å². The van der Waals surface area contributed by atoms with Gasteiger partial charge < -0.3 is 36.9 Å². The summed E-state index contributed by atoms with van der Waals surface area (Å²) in [5.41, 5.74) is 11.5. The molecule has 1 aromatic carbocycles. The monoisotopic (exact) mass is 532 g/mol. The van der Waals surface area contributed by atoms with E-state index in [0.29, 0.717) is 44.6 Å². The molecule has 2 atom stereocenters. The number of nitrogens with one attached hydrogen (secondary N) is 3. The van der Waals surface area contributed by atoms with E-state index in [0.717, 1.165) is 5.56 Å². The van der Waals surface area contributed by atoms with E-state index in [2.05, 4.69) is 32.3 Å². The lowest BCUT2D eigenvalue weighted by molar-refractivity contribution is -0.140. The summed E-state index contributed by atoms with van der Waals surface area (Å²) in [6, 6.07) is 5.38. The van der Waals surface area contributed by atoms with E-state index < -0.39 is 23.9 Å². The first kappa shape index (κ1) is 31.9. The number of guanidine groups is 1. The smallest absolute Gasteiger partial charge is 0.305 e. The highest BCUT2D eigenvalue weighted by atomic mass is 16.5. The fourth-order valence-electron chi connectivity index (χ4n) is 3.45. The number of hydrogen-bond donors (Lipinski definition) is 5. The summed E-state index contributed by atoms with van der Waals surface area (Å²) in [4.78, 5) is 53.1. The molecule has 0 saturated carbocycles. The van der Waals surface area contributed by atoms with Gasteiger partial charge in [-0.2, -0.15) is 0 Å². The minimum atomic E-state index is -0.899. The summed E-state index contributed by atoms with van der Waals surface area (Å²) in [7, 11) is 1.30. The lowest BCUT2D eigenvalue weighted by Crippen LogP contribution is -2.54. The Kier molecular flexibility index (Phi) is 15.3. The van der Waals surface area contributed by atoms with Gasteiger partial charge >= 0.3 is 5.97 Å². The molecule has 12 heteroatoms. The van der Waals surface area contributed by atoms with Crippen LogP contribution in [0.4, 0.5) is 0 Å². The summed E-state index contributed by atoms with van der Waals surface area (Å²) in [6.45, 7) is 5.93. The number of carbonyl (C=O) groups is 4. The Hall–Kier alpha value is -4.09. The molecule has 0 unspecified atom stereocenters. The Labute approximate surface area is 223 Å². The quantitative estimate of drug-likeness (QED) is 0.0587. The van der Waals surface area contributed by atoms with Gasteiger partial charge in [-0.3, -0.25) is 24.2 Å². The van der Waals surface area contributed by atoms with Crippen LogP contribution < -0.4 is 32.2 Å². The van der Waals surface area contributed by atoms with E-state index in [-0.39, 0.29) is 37.2 Å². The molecule has 0 saturated heterocycles. The minimum absolute atomic E-state index is 0.0170. The second-order valence-electron chi connectivity index (χ2n) is 8.54. The van der Waals surface area contributed by atoms with Gasteiger partial charge in [-0.25, -0.2) is 0 Å². The number of rotatable bonds is 18. The molecule has 12 nitrogen and oxygen atoms in total.